The van der Waals surface area contributed by atoms with Crippen molar-refractivity contribution in [3.8, 4) is 0 Å². The Morgan fingerprint density at radius 3 is 2.68 bits per heavy atom. The fourth-order valence-corrected chi connectivity index (χ4v) is 3.06. The van der Waals surface area contributed by atoms with E-state index in [2.05, 4.69) is 12.2 Å². The normalized spacial score (nSPS) is 12.8. The summed E-state index contributed by atoms with van der Waals surface area (Å²) in [6.45, 7) is 3.90. The molecule has 0 bridgehead atoms. The van der Waals surface area contributed by atoms with Crippen molar-refractivity contribution < 1.29 is 19.1 Å². The van der Waals surface area contributed by atoms with E-state index in [1.807, 2.05) is 48.5 Å². The van der Waals surface area contributed by atoms with Crippen LogP contribution in [0.25, 0.3) is 0 Å². The third-order valence-electron chi connectivity index (χ3n) is 4.66. The van der Waals surface area contributed by atoms with Crippen LogP contribution in [0.15, 0.2) is 48.5 Å². The van der Waals surface area contributed by atoms with Crippen LogP contribution in [0.4, 0.5) is 15.3 Å². The average Bonchev–Trinajstić information content (AvgIpc) is 2.72. The van der Waals surface area contributed by atoms with Crippen molar-refractivity contribution in [3.05, 3.63) is 65.2 Å². The fraction of sp³-hybridized carbons (Fsp3) is 0.364. The van der Waals surface area contributed by atoms with Crippen molar-refractivity contribution in [2.24, 2.45) is 0 Å². The molecular formula is C22H26N2O4. The molecule has 0 atom stereocenters. The number of benzene rings is 2. The lowest BCUT2D eigenvalue weighted by Crippen LogP contribution is -2.36. The van der Waals surface area contributed by atoms with Crippen molar-refractivity contribution in [2.45, 2.75) is 39.3 Å². The van der Waals surface area contributed by atoms with E-state index in [0.29, 0.717) is 25.4 Å². The van der Waals surface area contributed by atoms with Crippen molar-refractivity contribution in [1.29, 1.82) is 0 Å². The monoisotopic (exact) mass is 382 g/mol. The third-order valence-corrected chi connectivity index (χ3v) is 4.66. The lowest BCUT2D eigenvalue weighted by atomic mass is 9.99. The van der Waals surface area contributed by atoms with Crippen molar-refractivity contribution in [3.63, 3.8) is 0 Å². The second-order valence-electron chi connectivity index (χ2n) is 6.81. The van der Waals surface area contributed by atoms with Gasteiger partial charge in [-0.25, -0.2) is 9.59 Å². The predicted octanol–water partition coefficient (Wildman–Crippen LogP) is 4.73. The molecular weight excluding hydrogens is 356 g/mol. The van der Waals surface area contributed by atoms with Crippen LogP contribution in [-0.2, 0) is 29.0 Å². The summed E-state index contributed by atoms with van der Waals surface area (Å²) in [4.78, 5) is 25.9. The minimum atomic E-state index is -0.485. The number of unbranched alkanes of at least 4 members (excludes halogenated alkanes) is 1. The molecule has 1 aliphatic rings. The Hall–Kier alpha value is -3.02. The van der Waals surface area contributed by atoms with Gasteiger partial charge in [0.15, 0.2) is 0 Å². The first-order valence-electron chi connectivity index (χ1n) is 9.67. The van der Waals surface area contributed by atoms with E-state index in [1.165, 1.54) is 0 Å². The Kier molecular flexibility index (Phi) is 6.89. The Bertz CT molecular complexity index is 807. The number of hydrogen-bond acceptors (Lipinski definition) is 4. The molecule has 1 N–H and O–H groups in total. The minimum absolute atomic E-state index is 0.229. The van der Waals surface area contributed by atoms with Crippen LogP contribution in [0.3, 0.4) is 0 Å². The molecule has 0 unspecified atom stereocenters. The van der Waals surface area contributed by atoms with Gasteiger partial charge in [0.25, 0.3) is 0 Å². The van der Waals surface area contributed by atoms with Gasteiger partial charge in [0.05, 0.1) is 6.61 Å². The van der Waals surface area contributed by atoms with Gasteiger partial charge < -0.3 is 14.4 Å². The van der Waals surface area contributed by atoms with Gasteiger partial charge in [-0.15, -0.1) is 0 Å². The molecule has 0 saturated heterocycles. The highest BCUT2D eigenvalue weighted by atomic mass is 16.6. The Labute approximate surface area is 165 Å². The van der Waals surface area contributed by atoms with E-state index in [4.69, 9.17) is 9.47 Å². The van der Waals surface area contributed by atoms with Gasteiger partial charge in [0.2, 0.25) is 0 Å². The van der Waals surface area contributed by atoms with Crippen molar-refractivity contribution in [1.82, 2.24) is 4.90 Å². The van der Waals surface area contributed by atoms with Crippen LogP contribution in [-0.4, -0.2) is 30.2 Å². The smallest absolute Gasteiger partial charge is 0.411 e. The maximum atomic E-state index is 12.1. The number of ether oxygens (including phenoxy) is 2. The first-order valence-corrected chi connectivity index (χ1v) is 9.67. The van der Waals surface area contributed by atoms with Crippen LogP contribution < -0.4 is 5.32 Å². The third kappa shape index (κ3) is 5.49. The molecule has 0 radical (unpaired) electrons. The second kappa shape index (κ2) is 9.78. The average molecular weight is 382 g/mol. The molecule has 6 heteroatoms. The summed E-state index contributed by atoms with van der Waals surface area (Å²) in [5.41, 5.74) is 3.82. The number of carbonyl (C=O) groups excluding carboxylic acids is 2. The molecule has 0 aromatic heterocycles. The molecule has 1 heterocycles. The molecule has 0 fully saturated rings. The van der Waals surface area contributed by atoms with E-state index in [9.17, 15) is 9.59 Å². The summed E-state index contributed by atoms with van der Waals surface area (Å²) in [5, 5.41) is 2.76. The highest BCUT2D eigenvalue weighted by Crippen LogP contribution is 2.23. The maximum absolute atomic E-state index is 12.1. The molecule has 2 amide bonds. The van der Waals surface area contributed by atoms with Crippen LogP contribution >= 0.6 is 0 Å². The molecule has 2 aromatic rings. The molecule has 0 saturated carbocycles. The van der Waals surface area contributed by atoms with E-state index in [-0.39, 0.29) is 12.7 Å². The number of nitrogens with zero attached hydrogens (tertiary/aromatic N) is 1. The number of fused-ring (bicyclic) bond motifs is 1. The van der Waals surface area contributed by atoms with Gasteiger partial charge in [-0.1, -0.05) is 49.7 Å². The summed E-state index contributed by atoms with van der Waals surface area (Å²) >= 11 is 0. The number of hydrogen-bond donors (Lipinski definition) is 1. The molecule has 148 valence electrons. The molecule has 28 heavy (non-hydrogen) atoms. The zero-order chi connectivity index (χ0) is 19.8. The summed E-state index contributed by atoms with van der Waals surface area (Å²) in [6.07, 6.45) is 1.87. The Morgan fingerprint density at radius 2 is 1.89 bits per heavy atom. The maximum Gasteiger partial charge on any atom is 0.411 e. The highest BCUT2D eigenvalue weighted by Gasteiger charge is 2.22. The van der Waals surface area contributed by atoms with E-state index >= 15 is 0 Å². The SMILES string of the molecule is CCCCOC(=O)N1CCc2cc(NC(=O)OCc3ccccc3)ccc2C1. The van der Waals surface area contributed by atoms with Gasteiger partial charge in [-0.3, -0.25) is 5.32 Å². The van der Waals surface area contributed by atoms with Gasteiger partial charge >= 0.3 is 12.2 Å². The van der Waals surface area contributed by atoms with Gasteiger partial charge in [-0.05, 0) is 41.7 Å². The van der Waals surface area contributed by atoms with Crippen LogP contribution in [0.1, 0.15) is 36.5 Å². The van der Waals surface area contributed by atoms with E-state index in [0.717, 1.165) is 36.0 Å². The lowest BCUT2D eigenvalue weighted by Gasteiger charge is -2.28. The number of anilines is 1. The number of nitrogens with one attached hydrogen (secondary N) is 1. The standard InChI is InChI=1S/C22H26N2O4/c1-2-3-13-27-22(26)24-12-11-18-14-20(10-9-19(18)15-24)23-21(25)28-16-17-7-5-4-6-8-17/h4-10,14H,2-3,11-13,15-16H2,1H3,(H,23,25). The summed E-state index contributed by atoms with van der Waals surface area (Å²) in [7, 11) is 0. The van der Waals surface area contributed by atoms with Crippen molar-refractivity contribution >= 4 is 17.9 Å². The van der Waals surface area contributed by atoms with E-state index in [1.54, 1.807) is 4.90 Å². The molecule has 3 rings (SSSR count). The second-order valence-corrected chi connectivity index (χ2v) is 6.81. The van der Waals surface area contributed by atoms with Gasteiger partial charge in [0, 0.05) is 18.8 Å². The van der Waals surface area contributed by atoms with Crippen molar-refractivity contribution in [2.75, 3.05) is 18.5 Å². The predicted molar refractivity (Wildman–Crippen MR) is 107 cm³/mol. The zero-order valence-electron chi connectivity index (χ0n) is 16.1. The quantitative estimate of drug-likeness (QED) is 0.734. The fourth-order valence-electron chi connectivity index (χ4n) is 3.06. The first kappa shape index (κ1) is 19.7. The highest BCUT2D eigenvalue weighted by molar-refractivity contribution is 5.84. The molecule has 0 spiro atoms. The molecule has 1 aliphatic heterocycles. The van der Waals surface area contributed by atoms with Crippen LogP contribution in [0, 0.1) is 0 Å². The van der Waals surface area contributed by atoms with Gasteiger partial charge in [0.1, 0.15) is 6.61 Å². The summed E-state index contributed by atoms with van der Waals surface area (Å²) < 4.78 is 10.5. The number of amides is 2. The zero-order valence-corrected chi connectivity index (χ0v) is 16.1. The number of rotatable bonds is 6. The van der Waals surface area contributed by atoms with Gasteiger partial charge in [-0.2, -0.15) is 0 Å². The summed E-state index contributed by atoms with van der Waals surface area (Å²) in [5.74, 6) is 0. The largest absolute Gasteiger partial charge is 0.449 e. The summed E-state index contributed by atoms with van der Waals surface area (Å²) in [6, 6.07) is 15.3. The molecule has 2 aromatic carbocycles. The minimum Gasteiger partial charge on any atom is -0.449 e. The Balaban J connectivity index is 1.51. The topological polar surface area (TPSA) is 67.9 Å². The Morgan fingerprint density at radius 1 is 1.07 bits per heavy atom. The number of carbonyl (C=O) groups is 2. The molecule has 0 aliphatic carbocycles. The van der Waals surface area contributed by atoms with E-state index < -0.39 is 6.09 Å². The molecule has 6 nitrogen and oxygen atoms in total. The lowest BCUT2D eigenvalue weighted by molar-refractivity contribution is 0.0966. The van der Waals surface area contributed by atoms with Crippen LogP contribution in [0.5, 0.6) is 0 Å². The first-order chi connectivity index (χ1) is 13.7. The van der Waals surface area contributed by atoms with Crippen LogP contribution in [0.2, 0.25) is 0 Å².